The summed E-state index contributed by atoms with van der Waals surface area (Å²) in [7, 11) is 1.69. The van der Waals surface area contributed by atoms with Gasteiger partial charge in [-0.05, 0) is 37.6 Å². The second kappa shape index (κ2) is 10.6. The molecule has 0 saturated carbocycles. The number of hydrogen-bond donors (Lipinski definition) is 2. The molecule has 1 saturated heterocycles. The number of aliphatic carboxylic acids is 1. The molecule has 1 fully saturated rings. The van der Waals surface area contributed by atoms with E-state index < -0.39 is 12.1 Å². The summed E-state index contributed by atoms with van der Waals surface area (Å²) in [6.07, 6.45) is -4.16. The lowest BCUT2D eigenvalue weighted by atomic mass is 10.0. The van der Waals surface area contributed by atoms with Gasteiger partial charge < -0.3 is 20.1 Å². The fraction of sp³-hybridized carbons (Fsp3) is 0.476. The molecular weight excluding hydrogens is 429 g/mol. The molecule has 0 bridgehead atoms. The predicted molar refractivity (Wildman–Crippen MR) is 111 cm³/mol. The van der Waals surface area contributed by atoms with Crippen molar-refractivity contribution in [3.05, 3.63) is 45.7 Å². The number of piperidine rings is 1. The zero-order chi connectivity index (χ0) is 24.1. The van der Waals surface area contributed by atoms with E-state index in [1.807, 2.05) is 13.0 Å². The summed E-state index contributed by atoms with van der Waals surface area (Å²) in [5.41, 5.74) is 8.36. The third-order valence-electron chi connectivity index (χ3n) is 5.33. The molecule has 0 amide bonds. The van der Waals surface area contributed by atoms with Crippen LogP contribution in [-0.2, 0) is 16.1 Å². The van der Waals surface area contributed by atoms with Gasteiger partial charge in [0.25, 0.3) is 5.56 Å². The molecule has 1 aliphatic rings. The lowest BCUT2D eigenvalue weighted by molar-refractivity contribution is -0.192. The lowest BCUT2D eigenvalue weighted by Gasteiger charge is -2.36. The Hall–Kier alpha value is -2.94. The molecular formula is C21H25F3N4O4. The molecule has 0 radical (unpaired) electrons. The number of halogens is 3. The van der Waals surface area contributed by atoms with Gasteiger partial charge in [0.15, 0.2) is 0 Å². The molecule has 174 valence electrons. The van der Waals surface area contributed by atoms with Crippen LogP contribution in [0.1, 0.15) is 17.5 Å². The van der Waals surface area contributed by atoms with E-state index in [2.05, 4.69) is 11.0 Å². The van der Waals surface area contributed by atoms with Crippen LogP contribution in [-0.4, -0.2) is 65.6 Å². The fourth-order valence-electron chi connectivity index (χ4n) is 3.54. The molecule has 0 aliphatic carbocycles. The quantitative estimate of drug-likeness (QED) is 0.723. The Morgan fingerprint density at radius 2 is 2.00 bits per heavy atom. The van der Waals surface area contributed by atoms with Gasteiger partial charge in [0.05, 0.1) is 23.3 Å². The first-order valence-electron chi connectivity index (χ1n) is 9.83. The zero-order valence-electron chi connectivity index (χ0n) is 17.7. The molecule has 3 N–H and O–H groups in total. The number of carbonyl (C=O) groups is 1. The predicted octanol–water partition coefficient (Wildman–Crippen LogP) is 1.86. The van der Waals surface area contributed by atoms with Crippen molar-refractivity contribution in [1.82, 2.24) is 9.47 Å². The van der Waals surface area contributed by atoms with Crippen LogP contribution in [0.5, 0.6) is 0 Å². The maximum absolute atomic E-state index is 12.5. The van der Waals surface area contributed by atoms with E-state index in [9.17, 15) is 23.2 Å². The number of rotatable bonds is 4. The molecule has 3 rings (SSSR count). The number of ether oxygens (including phenoxy) is 1. The molecule has 1 aliphatic heterocycles. The first-order valence-corrected chi connectivity index (χ1v) is 9.83. The maximum Gasteiger partial charge on any atom is 0.490 e. The van der Waals surface area contributed by atoms with E-state index in [-0.39, 0.29) is 17.7 Å². The van der Waals surface area contributed by atoms with Crippen molar-refractivity contribution in [3.8, 4) is 6.07 Å². The van der Waals surface area contributed by atoms with Gasteiger partial charge in [-0.1, -0.05) is 6.07 Å². The summed E-state index contributed by atoms with van der Waals surface area (Å²) in [4.78, 5) is 23.7. The molecule has 0 spiro atoms. The van der Waals surface area contributed by atoms with Gasteiger partial charge in [-0.25, -0.2) is 4.79 Å². The second-order valence-electron chi connectivity index (χ2n) is 7.49. The average molecular weight is 454 g/mol. The SMILES string of the molecule is CO[C@H]1CN(CCn2c(=O)cc(C)c3ccc(C#N)cc32)CC[C@H]1N.O=C(O)C(F)(F)F. The van der Waals surface area contributed by atoms with Crippen molar-refractivity contribution in [2.45, 2.75) is 38.2 Å². The summed E-state index contributed by atoms with van der Waals surface area (Å²) in [5, 5.41) is 17.3. The zero-order valence-corrected chi connectivity index (χ0v) is 17.7. The number of benzene rings is 1. The van der Waals surface area contributed by atoms with Crippen molar-refractivity contribution < 1.29 is 27.8 Å². The van der Waals surface area contributed by atoms with Crippen molar-refractivity contribution in [3.63, 3.8) is 0 Å². The number of alkyl halides is 3. The maximum atomic E-state index is 12.5. The molecule has 11 heteroatoms. The smallest absolute Gasteiger partial charge is 0.475 e. The number of carboxylic acid groups (broad SMARTS) is 1. The Bertz CT molecular complexity index is 1060. The van der Waals surface area contributed by atoms with E-state index >= 15 is 0 Å². The van der Waals surface area contributed by atoms with Gasteiger partial charge in [0.2, 0.25) is 0 Å². The van der Waals surface area contributed by atoms with E-state index in [1.165, 1.54) is 0 Å². The minimum atomic E-state index is -5.08. The van der Waals surface area contributed by atoms with Crippen molar-refractivity contribution in [1.29, 1.82) is 5.26 Å². The monoisotopic (exact) mass is 454 g/mol. The summed E-state index contributed by atoms with van der Waals surface area (Å²) < 4.78 is 39.0. The Labute approximate surface area is 182 Å². The summed E-state index contributed by atoms with van der Waals surface area (Å²) in [6, 6.07) is 9.40. The Morgan fingerprint density at radius 1 is 1.34 bits per heavy atom. The minimum Gasteiger partial charge on any atom is -0.475 e. The van der Waals surface area contributed by atoms with Crippen LogP contribution >= 0.6 is 0 Å². The third kappa shape index (κ3) is 6.29. The van der Waals surface area contributed by atoms with Crippen LogP contribution in [0.25, 0.3) is 10.9 Å². The van der Waals surface area contributed by atoms with Crippen molar-refractivity contribution in [2.75, 3.05) is 26.7 Å². The van der Waals surface area contributed by atoms with Crippen molar-refractivity contribution in [2.24, 2.45) is 5.73 Å². The molecule has 2 atom stereocenters. The van der Waals surface area contributed by atoms with Gasteiger partial charge in [0.1, 0.15) is 0 Å². The number of aromatic nitrogens is 1. The topological polar surface area (TPSA) is 122 Å². The largest absolute Gasteiger partial charge is 0.490 e. The molecule has 32 heavy (non-hydrogen) atoms. The normalized spacial score (nSPS) is 19.2. The van der Waals surface area contributed by atoms with Crippen LogP contribution in [0, 0.1) is 18.3 Å². The van der Waals surface area contributed by atoms with E-state index in [1.54, 1.807) is 29.9 Å². The third-order valence-corrected chi connectivity index (χ3v) is 5.33. The molecule has 1 aromatic heterocycles. The summed E-state index contributed by atoms with van der Waals surface area (Å²) >= 11 is 0. The van der Waals surface area contributed by atoms with Crippen LogP contribution in [0.3, 0.4) is 0 Å². The fourth-order valence-corrected chi connectivity index (χ4v) is 3.54. The number of pyridine rings is 1. The first kappa shape index (κ1) is 25.3. The molecule has 8 nitrogen and oxygen atoms in total. The number of nitrogens with two attached hydrogens (primary N) is 1. The number of methoxy groups -OCH3 is 1. The molecule has 2 aromatic rings. The van der Waals surface area contributed by atoms with Crippen LogP contribution in [0.2, 0.25) is 0 Å². The number of likely N-dealkylation sites (tertiary alicyclic amines) is 1. The number of nitriles is 1. The van der Waals surface area contributed by atoms with Crippen LogP contribution in [0.4, 0.5) is 13.2 Å². The Kier molecular flexibility index (Phi) is 8.38. The van der Waals surface area contributed by atoms with Crippen LogP contribution < -0.4 is 11.3 Å². The highest BCUT2D eigenvalue weighted by Gasteiger charge is 2.38. The summed E-state index contributed by atoms with van der Waals surface area (Å²) in [6.45, 7) is 4.94. The second-order valence-corrected chi connectivity index (χ2v) is 7.49. The number of fused-ring (bicyclic) bond motifs is 1. The molecule has 2 heterocycles. The highest BCUT2D eigenvalue weighted by atomic mass is 19.4. The number of nitrogens with zero attached hydrogens (tertiary/aromatic N) is 3. The highest BCUT2D eigenvalue weighted by Crippen LogP contribution is 2.19. The van der Waals surface area contributed by atoms with Gasteiger partial charge in [-0.3, -0.25) is 9.69 Å². The number of hydrogen-bond acceptors (Lipinski definition) is 6. The molecule has 1 aromatic carbocycles. The van der Waals surface area contributed by atoms with Gasteiger partial charge in [-0.2, -0.15) is 18.4 Å². The van der Waals surface area contributed by atoms with Gasteiger partial charge >= 0.3 is 12.1 Å². The summed E-state index contributed by atoms with van der Waals surface area (Å²) in [5.74, 6) is -2.76. The average Bonchev–Trinajstić information content (AvgIpc) is 2.73. The van der Waals surface area contributed by atoms with E-state index in [4.69, 9.17) is 20.4 Å². The Balaban J connectivity index is 0.000000451. The Morgan fingerprint density at radius 3 is 2.56 bits per heavy atom. The number of carboxylic acids is 1. The first-order chi connectivity index (χ1) is 15.0. The van der Waals surface area contributed by atoms with E-state index in [0.29, 0.717) is 12.1 Å². The number of aryl methyl sites for hydroxylation is 1. The standard InChI is InChI=1S/C19H24N4O2.C2HF3O2/c1-13-9-19(24)23(17-10-14(11-20)3-4-15(13)17)8-7-22-6-5-16(21)18(12-22)25-2;3-2(4,5)1(6)7/h3-4,9-10,16,18H,5-8,12,21H2,1-2H3;(H,6,7)/t16-,18+;/m1./s1. The highest BCUT2D eigenvalue weighted by molar-refractivity contribution is 5.83. The van der Waals surface area contributed by atoms with Gasteiger partial charge in [-0.15, -0.1) is 0 Å². The van der Waals surface area contributed by atoms with Crippen molar-refractivity contribution >= 4 is 16.9 Å². The minimum absolute atomic E-state index is 0.0305. The lowest BCUT2D eigenvalue weighted by Crippen LogP contribution is -2.52. The van der Waals surface area contributed by atoms with E-state index in [0.717, 1.165) is 42.5 Å². The molecule has 0 unspecified atom stereocenters. The van der Waals surface area contributed by atoms with Crippen LogP contribution in [0.15, 0.2) is 29.1 Å². The van der Waals surface area contributed by atoms with Gasteiger partial charge in [0, 0.05) is 44.2 Å².